The molecule has 0 aliphatic rings. The molecule has 1 heterocycles. The first kappa shape index (κ1) is 15.8. The van der Waals surface area contributed by atoms with Crippen molar-refractivity contribution in [3.8, 4) is 0 Å². The highest BCUT2D eigenvalue weighted by Crippen LogP contribution is 2.28. The van der Waals surface area contributed by atoms with E-state index in [9.17, 15) is 0 Å². The van der Waals surface area contributed by atoms with E-state index < -0.39 is 0 Å². The molecule has 1 aromatic carbocycles. The van der Waals surface area contributed by atoms with Gasteiger partial charge in [-0.05, 0) is 58.9 Å². The highest BCUT2D eigenvalue weighted by Gasteiger charge is 2.12. The first-order valence-electron chi connectivity index (χ1n) is 7.60. The van der Waals surface area contributed by atoms with Crippen LogP contribution in [0.4, 0.5) is 11.4 Å². The van der Waals surface area contributed by atoms with E-state index >= 15 is 0 Å². The fourth-order valence-electron chi connectivity index (χ4n) is 2.62. The van der Waals surface area contributed by atoms with E-state index in [4.69, 9.17) is 0 Å². The van der Waals surface area contributed by atoms with E-state index in [0.29, 0.717) is 0 Å². The summed E-state index contributed by atoms with van der Waals surface area (Å²) in [5.41, 5.74) is 3.57. The number of nitrogens with zero attached hydrogens (tertiary/aromatic N) is 2. The van der Waals surface area contributed by atoms with Crippen LogP contribution in [0.5, 0.6) is 0 Å². The van der Waals surface area contributed by atoms with E-state index in [2.05, 4.69) is 74.1 Å². The van der Waals surface area contributed by atoms with E-state index in [1.165, 1.54) is 10.6 Å². The molecule has 0 saturated carbocycles. The summed E-state index contributed by atoms with van der Waals surface area (Å²) in [5, 5.41) is 4.70. The van der Waals surface area contributed by atoms with Gasteiger partial charge in [-0.15, -0.1) is 11.3 Å². The van der Waals surface area contributed by atoms with Gasteiger partial charge in [0.2, 0.25) is 0 Å². The highest BCUT2D eigenvalue weighted by molar-refractivity contribution is 7.11. The summed E-state index contributed by atoms with van der Waals surface area (Å²) in [4.78, 5) is 8.18. The third kappa shape index (κ3) is 3.76. The van der Waals surface area contributed by atoms with Gasteiger partial charge in [0.15, 0.2) is 0 Å². The Morgan fingerprint density at radius 3 is 2.24 bits per heavy atom. The summed E-state index contributed by atoms with van der Waals surface area (Å²) in [6.07, 6.45) is 0. The van der Waals surface area contributed by atoms with Crippen molar-refractivity contribution in [2.24, 2.45) is 0 Å². The quantitative estimate of drug-likeness (QED) is 0.832. The Bertz CT molecular complexity index is 570. The lowest BCUT2D eigenvalue weighted by molar-refractivity contribution is 0.865. The number of thiazole rings is 1. The smallest absolute Gasteiger partial charge is 0.0900 e. The van der Waals surface area contributed by atoms with Crippen LogP contribution in [0.3, 0.4) is 0 Å². The molecule has 0 saturated heterocycles. The molecule has 1 aromatic heterocycles. The van der Waals surface area contributed by atoms with Gasteiger partial charge in [-0.25, -0.2) is 4.98 Å². The van der Waals surface area contributed by atoms with E-state index in [1.807, 2.05) is 0 Å². The van der Waals surface area contributed by atoms with Gasteiger partial charge in [-0.2, -0.15) is 0 Å². The van der Waals surface area contributed by atoms with Gasteiger partial charge in [0.25, 0.3) is 0 Å². The summed E-state index contributed by atoms with van der Waals surface area (Å²) < 4.78 is 0. The minimum atomic E-state index is 0.288. The maximum atomic E-state index is 4.51. The van der Waals surface area contributed by atoms with Crippen molar-refractivity contribution >= 4 is 22.7 Å². The number of hydrogen-bond donors (Lipinski definition) is 1. The van der Waals surface area contributed by atoms with Crippen LogP contribution >= 0.6 is 11.3 Å². The molecular weight excluding hydrogens is 278 g/mol. The molecule has 2 rings (SSSR count). The summed E-state index contributed by atoms with van der Waals surface area (Å²) in [7, 11) is 0. The normalized spacial score (nSPS) is 12.2. The third-order valence-electron chi connectivity index (χ3n) is 3.71. The van der Waals surface area contributed by atoms with Gasteiger partial charge in [0, 0.05) is 29.3 Å². The van der Waals surface area contributed by atoms with Gasteiger partial charge in [0.1, 0.15) is 0 Å². The zero-order valence-corrected chi connectivity index (χ0v) is 14.4. The van der Waals surface area contributed by atoms with Crippen molar-refractivity contribution < 1.29 is 0 Å². The Labute approximate surface area is 132 Å². The van der Waals surface area contributed by atoms with Crippen LogP contribution in [0.2, 0.25) is 0 Å². The molecule has 1 unspecified atom stereocenters. The van der Waals surface area contributed by atoms with Crippen LogP contribution in [0.15, 0.2) is 24.3 Å². The van der Waals surface area contributed by atoms with Crippen LogP contribution in [0.1, 0.15) is 42.4 Å². The van der Waals surface area contributed by atoms with Crippen molar-refractivity contribution in [3.63, 3.8) is 0 Å². The molecular formula is C17H25N3S. The van der Waals surface area contributed by atoms with Gasteiger partial charge in [0.05, 0.1) is 16.7 Å². The average molecular weight is 303 g/mol. The minimum absolute atomic E-state index is 0.288. The standard InChI is InChI=1S/C17H25N3S/c1-6-20(7-2)16-10-8-15(9-11-16)19-13(4)17-12(3)18-14(5)21-17/h8-11,13,19H,6-7H2,1-5H3. The van der Waals surface area contributed by atoms with Gasteiger partial charge in [-0.3, -0.25) is 0 Å². The molecule has 1 atom stereocenters. The number of hydrogen-bond acceptors (Lipinski definition) is 4. The molecule has 0 fully saturated rings. The molecule has 4 heteroatoms. The molecule has 1 N–H and O–H groups in total. The molecule has 0 bridgehead atoms. The van der Waals surface area contributed by atoms with Crippen LogP contribution in [0, 0.1) is 13.8 Å². The van der Waals surface area contributed by atoms with Crippen LogP contribution in [-0.4, -0.2) is 18.1 Å². The predicted octanol–water partition coefficient (Wildman–Crippen LogP) is 4.78. The lowest BCUT2D eigenvalue weighted by Crippen LogP contribution is -2.21. The van der Waals surface area contributed by atoms with Crippen LogP contribution < -0.4 is 10.2 Å². The third-order valence-corrected chi connectivity index (χ3v) is 4.97. The maximum Gasteiger partial charge on any atom is 0.0900 e. The number of rotatable bonds is 6. The Hall–Kier alpha value is -1.55. The first-order chi connectivity index (χ1) is 10.0. The topological polar surface area (TPSA) is 28.2 Å². The Balaban J connectivity index is 2.08. The molecule has 21 heavy (non-hydrogen) atoms. The summed E-state index contributed by atoms with van der Waals surface area (Å²) in [6, 6.07) is 8.98. The lowest BCUT2D eigenvalue weighted by atomic mass is 10.2. The summed E-state index contributed by atoms with van der Waals surface area (Å²) in [5.74, 6) is 0. The number of nitrogens with one attached hydrogen (secondary N) is 1. The number of anilines is 2. The first-order valence-corrected chi connectivity index (χ1v) is 8.42. The van der Waals surface area contributed by atoms with Crippen molar-refractivity contribution in [1.29, 1.82) is 0 Å². The fourth-order valence-corrected chi connectivity index (χ4v) is 3.55. The molecule has 3 nitrogen and oxygen atoms in total. The molecule has 0 aliphatic heterocycles. The second-order valence-electron chi connectivity index (χ2n) is 5.27. The Morgan fingerprint density at radius 1 is 1.14 bits per heavy atom. The Kier molecular flexibility index (Phi) is 5.23. The van der Waals surface area contributed by atoms with Crippen molar-refractivity contribution in [2.75, 3.05) is 23.3 Å². The SMILES string of the molecule is CCN(CC)c1ccc(NC(C)c2sc(C)nc2C)cc1. The van der Waals surface area contributed by atoms with E-state index in [-0.39, 0.29) is 6.04 Å². The zero-order valence-electron chi connectivity index (χ0n) is 13.6. The molecule has 114 valence electrons. The zero-order chi connectivity index (χ0) is 15.4. The van der Waals surface area contributed by atoms with Crippen molar-refractivity contribution in [2.45, 2.75) is 40.7 Å². The predicted molar refractivity (Wildman–Crippen MR) is 93.6 cm³/mol. The summed E-state index contributed by atoms with van der Waals surface area (Å²) >= 11 is 1.78. The van der Waals surface area contributed by atoms with Gasteiger partial charge in [-0.1, -0.05) is 0 Å². The fraction of sp³-hybridized carbons (Fsp3) is 0.471. The highest BCUT2D eigenvalue weighted by atomic mass is 32.1. The van der Waals surface area contributed by atoms with Crippen LogP contribution in [-0.2, 0) is 0 Å². The van der Waals surface area contributed by atoms with Gasteiger partial charge >= 0.3 is 0 Å². The minimum Gasteiger partial charge on any atom is -0.378 e. The number of aromatic nitrogens is 1. The van der Waals surface area contributed by atoms with E-state index in [1.54, 1.807) is 11.3 Å². The Morgan fingerprint density at radius 2 is 1.76 bits per heavy atom. The van der Waals surface area contributed by atoms with Crippen molar-refractivity contribution in [3.05, 3.63) is 39.8 Å². The second kappa shape index (κ2) is 6.94. The molecule has 0 amide bonds. The monoisotopic (exact) mass is 303 g/mol. The molecule has 0 radical (unpaired) electrons. The second-order valence-corrected chi connectivity index (χ2v) is 6.50. The molecule has 0 spiro atoms. The van der Waals surface area contributed by atoms with E-state index in [0.717, 1.165) is 29.5 Å². The maximum absolute atomic E-state index is 4.51. The van der Waals surface area contributed by atoms with Crippen molar-refractivity contribution in [1.82, 2.24) is 4.98 Å². The number of aryl methyl sites for hydroxylation is 2. The number of benzene rings is 1. The molecule has 0 aliphatic carbocycles. The summed E-state index contributed by atoms with van der Waals surface area (Å²) in [6.45, 7) is 12.8. The largest absolute Gasteiger partial charge is 0.378 e. The lowest BCUT2D eigenvalue weighted by Gasteiger charge is -2.22. The van der Waals surface area contributed by atoms with Crippen LogP contribution in [0.25, 0.3) is 0 Å². The average Bonchev–Trinajstić information content (AvgIpc) is 2.81. The molecule has 2 aromatic rings. The van der Waals surface area contributed by atoms with Gasteiger partial charge < -0.3 is 10.2 Å².